The summed E-state index contributed by atoms with van der Waals surface area (Å²) in [6.45, 7) is 4.00. The van der Waals surface area contributed by atoms with Gasteiger partial charge in [0.15, 0.2) is 0 Å². The molecule has 0 spiro atoms. The zero-order valence-corrected chi connectivity index (χ0v) is 11.5. The number of carbonyl (C=O) groups is 2. The molecule has 0 aromatic carbocycles. The number of carboxylic acids is 2. The van der Waals surface area contributed by atoms with E-state index in [-0.39, 0.29) is 13.0 Å². The second kappa shape index (κ2) is 6.59. The van der Waals surface area contributed by atoms with Gasteiger partial charge < -0.3 is 14.9 Å². The van der Waals surface area contributed by atoms with E-state index in [2.05, 4.69) is 0 Å². The minimum Gasteiger partial charge on any atom is -0.501 e. The van der Waals surface area contributed by atoms with Crippen molar-refractivity contribution in [3.63, 3.8) is 0 Å². The number of carboxylic acid groups (broad SMARTS) is 2. The van der Waals surface area contributed by atoms with Crippen LogP contribution < -0.4 is 0 Å². The standard InChI is InChI=1S/C14H22O5/c1-10(2)9-19-8-7-14(13(17)18)6-4-3-5-11(14)12(15)16/h9,11H,3-8H2,1-2H3,(H,15,16)(H,17,18). The summed E-state index contributed by atoms with van der Waals surface area (Å²) in [4.78, 5) is 22.9. The number of aliphatic carboxylic acids is 2. The van der Waals surface area contributed by atoms with Crippen molar-refractivity contribution < 1.29 is 24.5 Å². The zero-order valence-electron chi connectivity index (χ0n) is 11.5. The lowest BCUT2D eigenvalue weighted by Gasteiger charge is -2.38. The maximum Gasteiger partial charge on any atom is 0.310 e. The quantitative estimate of drug-likeness (QED) is 0.572. The van der Waals surface area contributed by atoms with Gasteiger partial charge in [0.25, 0.3) is 0 Å². The van der Waals surface area contributed by atoms with Gasteiger partial charge in [0.1, 0.15) is 0 Å². The van der Waals surface area contributed by atoms with E-state index in [1.165, 1.54) is 0 Å². The minimum absolute atomic E-state index is 0.237. The average molecular weight is 270 g/mol. The first-order valence-corrected chi connectivity index (χ1v) is 6.61. The van der Waals surface area contributed by atoms with Gasteiger partial charge in [-0.3, -0.25) is 9.59 Å². The fourth-order valence-corrected chi connectivity index (χ4v) is 2.73. The van der Waals surface area contributed by atoms with E-state index in [9.17, 15) is 19.8 Å². The molecule has 2 unspecified atom stereocenters. The van der Waals surface area contributed by atoms with Gasteiger partial charge >= 0.3 is 11.9 Å². The Kier molecular flexibility index (Phi) is 5.39. The maximum absolute atomic E-state index is 11.6. The Morgan fingerprint density at radius 2 is 2.00 bits per heavy atom. The third kappa shape index (κ3) is 3.72. The summed E-state index contributed by atoms with van der Waals surface area (Å²) in [5.41, 5.74) is -0.192. The molecule has 2 atom stereocenters. The highest BCUT2D eigenvalue weighted by Crippen LogP contribution is 2.44. The van der Waals surface area contributed by atoms with Crippen LogP contribution in [0.4, 0.5) is 0 Å². The monoisotopic (exact) mass is 270 g/mol. The van der Waals surface area contributed by atoms with Crippen LogP contribution in [0.25, 0.3) is 0 Å². The fourth-order valence-electron chi connectivity index (χ4n) is 2.73. The summed E-state index contributed by atoms with van der Waals surface area (Å²) < 4.78 is 5.28. The van der Waals surface area contributed by atoms with E-state index in [4.69, 9.17) is 4.74 Å². The highest BCUT2D eigenvalue weighted by Gasteiger charge is 2.50. The van der Waals surface area contributed by atoms with E-state index >= 15 is 0 Å². The molecule has 5 heteroatoms. The van der Waals surface area contributed by atoms with Gasteiger partial charge in [-0.15, -0.1) is 0 Å². The van der Waals surface area contributed by atoms with Crippen LogP contribution in [0.2, 0.25) is 0 Å². The molecule has 108 valence electrons. The highest BCUT2D eigenvalue weighted by atomic mass is 16.5. The van der Waals surface area contributed by atoms with Crippen molar-refractivity contribution in [1.82, 2.24) is 0 Å². The summed E-state index contributed by atoms with van der Waals surface area (Å²) in [6.07, 6.45) is 4.21. The fraction of sp³-hybridized carbons (Fsp3) is 0.714. The summed E-state index contributed by atoms with van der Waals surface area (Å²) in [5.74, 6) is -2.83. The van der Waals surface area contributed by atoms with Gasteiger partial charge in [-0.25, -0.2) is 0 Å². The second-order valence-electron chi connectivity index (χ2n) is 5.41. The van der Waals surface area contributed by atoms with E-state index < -0.39 is 23.3 Å². The lowest BCUT2D eigenvalue weighted by molar-refractivity contribution is -0.167. The number of hydrogen-bond acceptors (Lipinski definition) is 3. The molecule has 5 nitrogen and oxygen atoms in total. The molecule has 0 bridgehead atoms. The normalized spacial score (nSPS) is 26.5. The van der Waals surface area contributed by atoms with Gasteiger partial charge in [-0.05, 0) is 38.7 Å². The van der Waals surface area contributed by atoms with Crippen LogP contribution in [0.1, 0.15) is 46.0 Å². The first-order valence-electron chi connectivity index (χ1n) is 6.61. The number of allylic oxidation sites excluding steroid dienone is 1. The number of hydrogen-bond donors (Lipinski definition) is 2. The SMILES string of the molecule is CC(C)=COCCC1(C(=O)O)CCCCC1C(=O)O. The zero-order chi connectivity index (χ0) is 14.5. The molecule has 0 aromatic heterocycles. The Labute approximate surface area is 113 Å². The minimum atomic E-state index is -1.18. The van der Waals surface area contributed by atoms with Crippen molar-refractivity contribution in [1.29, 1.82) is 0 Å². The van der Waals surface area contributed by atoms with Gasteiger partial charge in [0.05, 0.1) is 24.2 Å². The lowest BCUT2D eigenvalue weighted by Crippen LogP contribution is -2.45. The topological polar surface area (TPSA) is 83.8 Å². The van der Waals surface area contributed by atoms with Crippen molar-refractivity contribution in [2.45, 2.75) is 46.0 Å². The van der Waals surface area contributed by atoms with Crippen LogP contribution in [0, 0.1) is 11.3 Å². The Morgan fingerprint density at radius 3 is 2.53 bits per heavy atom. The van der Waals surface area contributed by atoms with Crippen molar-refractivity contribution in [2.24, 2.45) is 11.3 Å². The molecule has 1 fully saturated rings. The van der Waals surface area contributed by atoms with Crippen molar-refractivity contribution >= 4 is 11.9 Å². The molecule has 1 aliphatic carbocycles. The van der Waals surface area contributed by atoms with Crippen LogP contribution in [0.3, 0.4) is 0 Å². The molecule has 1 rings (SSSR count). The van der Waals surface area contributed by atoms with Crippen LogP contribution in [-0.4, -0.2) is 28.8 Å². The summed E-state index contributed by atoms with van der Waals surface area (Å²) in [7, 11) is 0. The van der Waals surface area contributed by atoms with Crippen molar-refractivity contribution in [3.8, 4) is 0 Å². The highest BCUT2D eigenvalue weighted by molar-refractivity contribution is 5.83. The lowest BCUT2D eigenvalue weighted by atomic mass is 9.64. The van der Waals surface area contributed by atoms with Crippen LogP contribution >= 0.6 is 0 Å². The number of rotatable bonds is 6. The van der Waals surface area contributed by atoms with E-state index in [0.717, 1.165) is 18.4 Å². The Bertz CT molecular complexity index is 370. The van der Waals surface area contributed by atoms with Crippen LogP contribution in [0.5, 0.6) is 0 Å². The molecule has 0 aliphatic heterocycles. The summed E-state index contributed by atoms with van der Waals surface area (Å²) in [6, 6.07) is 0. The van der Waals surface area contributed by atoms with Gasteiger partial charge in [-0.1, -0.05) is 12.8 Å². The summed E-state index contributed by atoms with van der Waals surface area (Å²) in [5, 5.41) is 18.7. The van der Waals surface area contributed by atoms with Gasteiger partial charge in [0.2, 0.25) is 0 Å². The molecule has 19 heavy (non-hydrogen) atoms. The molecule has 0 heterocycles. The Morgan fingerprint density at radius 1 is 1.32 bits per heavy atom. The van der Waals surface area contributed by atoms with E-state index in [0.29, 0.717) is 12.8 Å². The Balaban J connectivity index is 2.79. The molecular formula is C14H22O5. The van der Waals surface area contributed by atoms with E-state index in [1.807, 2.05) is 13.8 Å². The third-order valence-corrected chi connectivity index (χ3v) is 3.74. The smallest absolute Gasteiger partial charge is 0.310 e. The summed E-state index contributed by atoms with van der Waals surface area (Å²) >= 11 is 0. The molecule has 2 N–H and O–H groups in total. The predicted molar refractivity (Wildman–Crippen MR) is 69.7 cm³/mol. The van der Waals surface area contributed by atoms with Crippen LogP contribution in [-0.2, 0) is 14.3 Å². The first kappa shape index (κ1) is 15.5. The average Bonchev–Trinajstić information content (AvgIpc) is 2.34. The predicted octanol–water partition coefficient (Wildman–Crippen LogP) is 2.66. The first-order chi connectivity index (χ1) is 8.90. The second-order valence-corrected chi connectivity index (χ2v) is 5.41. The third-order valence-electron chi connectivity index (χ3n) is 3.74. The van der Waals surface area contributed by atoms with Gasteiger partial charge in [0, 0.05) is 0 Å². The molecule has 0 radical (unpaired) electrons. The molecule has 1 saturated carbocycles. The molecule has 0 aromatic rings. The van der Waals surface area contributed by atoms with Gasteiger partial charge in [-0.2, -0.15) is 0 Å². The van der Waals surface area contributed by atoms with Crippen LogP contribution in [0.15, 0.2) is 11.8 Å². The Hall–Kier alpha value is -1.52. The molecular weight excluding hydrogens is 248 g/mol. The van der Waals surface area contributed by atoms with Crippen molar-refractivity contribution in [3.05, 3.63) is 11.8 Å². The van der Waals surface area contributed by atoms with Crippen molar-refractivity contribution in [2.75, 3.05) is 6.61 Å². The maximum atomic E-state index is 11.6. The molecule has 1 aliphatic rings. The molecule has 0 amide bonds. The molecule has 0 saturated heterocycles. The largest absolute Gasteiger partial charge is 0.501 e. The van der Waals surface area contributed by atoms with E-state index in [1.54, 1.807) is 6.26 Å². The number of ether oxygens (including phenoxy) is 1.